The molecule has 3 rings (SSSR count). The largest absolute Gasteiger partial charge is 0.494 e. The lowest BCUT2D eigenvalue weighted by Crippen LogP contribution is -2.07. The zero-order valence-electron chi connectivity index (χ0n) is 17.1. The lowest BCUT2D eigenvalue weighted by Gasteiger charge is -2.10. The molecule has 29 heavy (non-hydrogen) atoms. The highest BCUT2D eigenvalue weighted by atomic mass is 16.5. The van der Waals surface area contributed by atoms with Gasteiger partial charge in [0.1, 0.15) is 11.5 Å². The monoisotopic (exact) mass is 388 g/mol. The van der Waals surface area contributed by atoms with Crippen molar-refractivity contribution in [3.63, 3.8) is 0 Å². The molecule has 0 aromatic heterocycles. The lowest BCUT2D eigenvalue weighted by atomic mass is 10.0. The summed E-state index contributed by atoms with van der Waals surface area (Å²) in [6.07, 6.45) is 3.51. The van der Waals surface area contributed by atoms with E-state index < -0.39 is 0 Å². The van der Waals surface area contributed by atoms with Crippen LogP contribution in [0.15, 0.2) is 78.9 Å². The van der Waals surface area contributed by atoms with Crippen molar-refractivity contribution in [3.05, 3.63) is 84.4 Å². The normalized spacial score (nSPS) is 11.7. The molecule has 1 atom stereocenters. The number of carbonyl (C=O) groups excluding carboxylic acids is 1. The van der Waals surface area contributed by atoms with Crippen LogP contribution in [0, 0.1) is 5.92 Å². The highest BCUT2D eigenvalue weighted by molar-refractivity contribution is 5.91. The SMILES string of the molecule is CCC(C)CCCOc1ccc(-c2ccc(OC(=O)c3ccccc3)cc2)cc1. The van der Waals surface area contributed by atoms with Crippen LogP contribution in [0.25, 0.3) is 11.1 Å². The van der Waals surface area contributed by atoms with Gasteiger partial charge in [-0.05, 0) is 66.3 Å². The molecule has 0 aliphatic carbocycles. The molecule has 0 aliphatic rings. The zero-order chi connectivity index (χ0) is 20.5. The molecular weight excluding hydrogens is 360 g/mol. The van der Waals surface area contributed by atoms with E-state index in [0.717, 1.165) is 35.8 Å². The van der Waals surface area contributed by atoms with Crippen LogP contribution >= 0.6 is 0 Å². The van der Waals surface area contributed by atoms with Crippen LogP contribution in [0.4, 0.5) is 0 Å². The Morgan fingerprint density at radius 1 is 0.828 bits per heavy atom. The van der Waals surface area contributed by atoms with Gasteiger partial charge in [0.05, 0.1) is 12.2 Å². The number of rotatable bonds is 9. The minimum absolute atomic E-state index is 0.354. The molecule has 0 radical (unpaired) electrons. The van der Waals surface area contributed by atoms with Crippen LogP contribution in [0.5, 0.6) is 11.5 Å². The summed E-state index contributed by atoms with van der Waals surface area (Å²) in [5.74, 6) is 1.83. The minimum atomic E-state index is -0.354. The molecule has 3 aromatic carbocycles. The molecule has 0 bridgehead atoms. The first-order chi connectivity index (χ1) is 14.2. The molecule has 3 nitrogen and oxygen atoms in total. The molecule has 3 heteroatoms. The predicted molar refractivity (Wildman–Crippen MR) is 117 cm³/mol. The van der Waals surface area contributed by atoms with E-state index in [1.165, 1.54) is 12.8 Å². The van der Waals surface area contributed by atoms with Crippen molar-refractivity contribution in [3.8, 4) is 22.6 Å². The molecule has 0 N–H and O–H groups in total. The van der Waals surface area contributed by atoms with Gasteiger partial charge in [0.25, 0.3) is 0 Å². The fraction of sp³-hybridized carbons (Fsp3) is 0.269. The highest BCUT2D eigenvalue weighted by Crippen LogP contribution is 2.25. The Bertz CT molecular complexity index is 884. The van der Waals surface area contributed by atoms with Gasteiger partial charge in [-0.3, -0.25) is 0 Å². The maximum Gasteiger partial charge on any atom is 0.343 e. The van der Waals surface area contributed by atoms with Gasteiger partial charge in [0.2, 0.25) is 0 Å². The third-order valence-corrected chi connectivity index (χ3v) is 5.07. The second-order valence-electron chi connectivity index (χ2n) is 7.31. The topological polar surface area (TPSA) is 35.5 Å². The number of benzene rings is 3. The van der Waals surface area contributed by atoms with Crippen molar-refractivity contribution in [2.45, 2.75) is 33.1 Å². The Kier molecular flexibility index (Phi) is 7.46. The van der Waals surface area contributed by atoms with Crippen LogP contribution in [0.1, 0.15) is 43.5 Å². The Morgan fingerprint density at radius 2 is 1.41 bits per heavy atom. The third-order valence-electron chi connectivity index (χ3n) is 5.07. The molecule has 0 heterocycles. The summed E-state index contributed by atoms with van der Waals surface area (Å²) in [6, 6.07) is 24.6. The Labute approximate surface area is 173 Å². The number of esters is 1. The van der Waals surface area contributed by atoms with E-state index in [1.807, 2.05) is 54.6 Å². The van der Waals surface area contributed by atoms with Gasteiger partial charge >= 0.3 is 5.97 Å². The first-order valence-electron chi connectivity index (χ1n) is 10.3. The summed E-state index contributed by atoms with van der Waals surface area (Å²) < 4.78 is 11.3. The van der Waals surface area contributed by atoms with E-state index in [-0.39, 0.29) is 5.97 Å². The number of carbonyl (C=O) groups is 1. The van der Waals surface area contributed by atoms with Crippen molar-refractivity contribution < 1.29 is 14.3 Å². The molecular formula is C26H28O3. The molecule has 0 saturated heterocycles. The van der Waals surface area contributed by atoms with E-state index in [0.29, 0.717) is 11.3 Å². The molecule has 150 valence electrons. The average molecular weight is 389 g/mol. The number of hydrogen-bond donors (Lipinski definition) is 0. The van der Waals surface area contributed by atoms with E-state index in [4.69, 9.17) is 9.47 Å². The van der Waals surface area contributed by atoms with E-state index in [1.54, 1.807) is 12.1 Å². The standard InChI is InChI=1S/C26H28O3/c1-3-20(2)8-7-19-28-24-15-11-21(12-16-24)22-13-17-25(18-14-22)29-26(27)23-9-5-4-6-10-23/h4-6,9-18,20H,3,7-8,19H2,1-2H3. The highest BCUT2D eigenvalue weighted by Gasteiger charge is 2.08. The average Bonchev–Trinajstić information content (AvgIpc) is 2.78. The lowest BCUT2D eigenvalue weighted by molar-refractivity contribution is 0.0735. The Hall–Kier alpha value is -3.07. The number of ether oxygens (including phenoxy) is 2. The zero-order valence-corrected chi connectivity index (χ0v) is 17.1. The summed E-state index contributed by atoms with van der Waals surface area (Å²) in [5, 5.41) is 0. The molecule has 0 aliphatic heterocycles. The Morgan fingerprint density at radius 3 is 2.00 bits per heavy atom. The van der Waals surface area contributed by atoms with Crippen molar-refractivity contribution >= 4 is 5.97 Å². The second-order valence-corrected chi connectivity index (χ2v) is 7.31. The summed E-state index contributed by atoms with van der Waals surface area (Å²) in [5.41, 5.74) is 2.70. The van der Waals surface area contributed by atoms with Crippen LogP contribution in [0.2, 0.25) is 0 Å². The van der Waals surface area contributed by atoms with Crippen molar-refractivity contribution in [1.29, 1.82) is 0 Å². The fourth-order valence-electron chi connectivity index (χ4n) is 3.03. The van der Waals surface area contributed by atoms with Gasteiger partial charge in [0, 0.05) is 0 Å². The smallest absolute Gasteiger partial charge is 0.343 e. The first-order valence-corrected chi connectivity index (χ1v) is 10.3. The maximum absolute atomic E-state index is 12.1. The van der Waals surface area contributed by atoms with E-state index in [2.05, 4.69) is 26.0 Å². The number of hydrogen-bond acceptors (Lipinski definition) is 3. The van der Waals surface area contributed by atoms with Gasteiger partial charge in [-0.15, -0.1) is 0 Å². The molecule has 0 fully saturated rings. The van der Waals surface area contributed by atoms with E-state index in [9.17, 15) is 4.79 Å². The van der Waals surface area contributed by atoms with Gasteiger partial charge in [-0.2, -0.15) is 0 Å². The maximum atomic E-state index is 12.1. The van der Waals surface area contributed by atoms with Gasteiger partial charge in [0.15, 0.2) is 0 Å². The quantitative estimate of drug-likeness (QED) is 0.230. The Balaban J connectivity index is 1.53. The van der Waals surface area contributed by atoms with Gasteiger partial charge in [-0.25, -0.2) is 4.79 Å². The van der Waals surface area contributed by atoms with Crippen LogP contribution in [-0.2, 0) is 0 Å². The molecule has 0 saturated carbocycles. The van der Waals surface area contributed by atoms with E-state index >= 15 is 0 Å². The molecule has 1 unspecified atom stereocenters. The van der Waals surface area contributed by atoms with Gasteiger partial charge < -0.3 is 9.47 Å². The third kappa shape index (κ3) is 6.21. The van der Waals surface area contributed by atoms with Crippen molar-refractivity contribution in [2.24, 2.45) is 5.92 Å². The first kappa shape index (κ1) is 20.7. The van der Waals surface area contributed by atoms with Gasteiger partial charge in [-0.1, -0.05) is 62.7 Å². The van der Waals surface area contributed by atoms with Crippen LogP contribution < -0.4 is 9.47 Å². The summed E-state index contributed by atoms with van der Waals surface area (Å²) in [4.78, 5) is 12.1. The van der Waals surface area contributed by atoms with Crippen LogP contribution in [-0.4, -0.2) is 12.6 Å². The summed E-state index contributed by atoms with van der Waals surface area (Å²) >= 11 is 0. The summed E-state index contributed by atoms with van der Waals surface area (Å²) in [6.45, 7) is 5.26. The molecule has 0 spiro atoms. The predicted octanol–water partition coefficient (Wildman–Crippen LogP) is 6.78. The second kappa shape index (κ2) is 10.5. The van der Waals surface area contributed by atoms with Crippen LogP contribution in [0.3, 0.4) is 0 Å². The minimum Gasteiger partial charge on any atom is -0.494 e. The van der Waals surface area contributed by atoms with Crippen molar-refractivity contribution in [2.75, 3.05) is 6.61 Å². The summed E-state index contributed by atoms with van der Waals surface area (Å²) in [7, 11) is 0. The molecule has 3 aromatic rings. The molecule has 0 amide bonds. The fourth-order valence-corrected chi connectivity index (χ4v) is 3.03. The van der Waals surface area contributed by atoms with Crippen molar-refractivity contribution in [1.82, 2.24) is 0 Å².